The third-order valence-electron chi connectivity index (χ3n) is 5.00. The largest absolute Gasteiger partial charge is 0.355 e. The summed E-state index contributed by atoms with van der Waals surface area (Å²) in [4.78, 5) is 16.8. The Bertz CT molecular complexity index is 857. The third kappa shape index (κ3) is 3.85. The van der Waals surface area contributed by atoms with E-state index in [1.165, 1.54) is 11.1 Å². The number of carbonyl (C=O) groups excluding carboxylic acids is 1. The lowest BCUT2D eigenvalue weighted by atomic mass is 10.1. The molecule has 4 rings (SSSR count). The van der Waals surface area contributed by atoms with Crippen molar-refractivity contribution in [2.24, 2.45) is 5.92 Å². The summed E-state index contributed by atoms with van der Waals surface area (Å²) in [5.41, 5.74) is 2.52. The fraction of sp³-hybridized carbons (Fsp3) is 0.273. The van der Waals surface area contributed by atoms with E-state index in [0.29, 0.717) is 12.5 Å². The van der Waals surface area contributed by atoms with Gasteiger partial charge in [0.15, 0.2) is 0 Å². The summed E-state index contributed by atoms with van der Waals surface area (Å²) >= 11 is 0. The number of imidazole rings is 1. The maximum absolute atomic E-state index is 12.4. The molecule has 1 aromatic heterocycles. The van der Waals surface area contributed by atoms with Crippen LogP contribution in [0.3, 0.4) is 0 Å². The van der Waals surface area contributed by atoms with Gasteiger partial charge in [0.1, 0.15) is 5.82 Å². The molecule has 2 atom stereocenters. The van der Waals surface area contributed by atoms with Crippen molar-refractivity contribution < 1.29 is 4.79 Å². The Balaban J connectivity index is 1.27. The highest BCUT2D eigenvalue weighted by atomic mass is 16.2. The Labute approximate surface area is 153 Å². The van der Waals surface area contributed by atoms with Gasteiger partial charge in [-0.15, -0.1) is 0 Å². The Kier molecular flexibility index (Phi) is 4.82. The maximum Gasteiger partial charge on any atom is 0.223 e. The standard InChI is InChI=1S/C22H23N3O/c26-22(20-15-19(20)18-9-5-2-6-10-18)24-12-11-21-23-13-14-25(21)16-17-7-3-1-4-8-17/h1-10,13-14,19-20H,11-12,15-16H2,(H,24,26)/t19-,20+/m1/s1. The molecule has 1 N–H and O–H groups in total. The molecular weight excluding hydrogens is 322 g/mol. The summed E-state index contributed by atoms with van der Waals surface area (Å²) in [6, 6.07) is 20.6. The number of hydrogen-bond acceptors (Lipinski definition) is 2. The van der Waals surface area contributed by atoms with Gasteiger partial charge in [-0.25, -0.2) is 4.98 Å². The van der Waals surface area contributed by atoms with Crippen LogP contribution in [0.15, 0.2) is 73.1 Å². The van der Waals surface area contributed by atoms with Gasteiger partial charge in [-0.3, -0.25) is 4.79 Å². The topological polar surface area (TPSA) is 46.9 Å². The third-order valence-corrected chi connectivity index (χ3v) is 5.00. The molecule has 26 heavy (non-hydrogen) atoms. The lowest BCUT2D eigenvalue weighted by Gasteiger charge is -2.09. The fourth-order valence-electron chi connectivity index (χ4n) is 3.47. The van der Waals surface area contributed by atoms with E-state index in [2.05, 4.69) is 39.1 Å². The number of aromatic nitrogens is 2. The summed E-state index contributed by atoms with van der Waals surface area (Å²) < 4.78 is 2.14. The smallest absolute Gasteiger partial charge is 0.223 e. The minimum atomic E-state index is 0.126. The Hall–Kier alpha value is -2.88. The Morgan fingerprint density at radius 1 is 1.08 bits per heavy atom. The number of benzene rings is 2. The molecule has 1 saturated carbocycles. The van der Waals surface area contributed by atoms with E-state index in [9.17, 15) is 4.79 Å². The van der Waals surface area contributed by atoms with Crippen molar-refractivity contribution in [2.75, 3.05) is 6.54 Å². The zero-order valence-electron chi connectivity index (χ0n) is 14.7. The van der Waals surface area contributed by atoms with Gasteiger partial charge in [0.25, 0.3) is 0 Å². The van der Waals surface area contributed by atoms with E-state index in [1.807, 2.05) is 48.8 Å². The summed E-state index contributed by atoms with van der Waals surface area (Å²) in [5.74, 6) is 1.68. The molecule has 1 amide bonds. The van der Waals surface area contributed by atoms with E-state index in [4.69, 9.17) is 0 Å². The number of amides is 1. The monoisotopic (exact) mass is 345 g/mol. The number of nitrogens with one attached hydrogen (secondary N) is 1. The second kappa shape index (κ2) is 7.56. The van der Waals surface area contributed by atoms with Crippen molar-refractivity contribution in [2.45, 2.75) is 25.3 Å². The van der Waals surface area contributed by atoms with Gasteiger partial charge in [0.05, 0.1) is 0 Å². The fourth-order valence-corrected chi connectivity index (χ4v) is 3.47. The van der Waals surface area contributed by atoms with Crippen molar-refractivity contribution in [3.05, 3.63) is 90.0 Å². The molecule has 4 nitrogen and oxygen atoms in total. The van der Waals surface area contributed by atoms with Gasteiger partial charge in [-0.2, -0.15) is 0 Å². The summed E-state index contributed by atoms with van der Waals surface area (Å²) in [6.07, 6.45) is 5.52. The highest BCUT2D eigenvalue weighted by Crippen LogP contribution is 2.47. The second-order valence-corrected chi connectivity index (χ2v) is 6.86. The highest BCUT2D eigenvalue weighted by molar-refractivity contribution is 5.82. The van der Waals surface area contributed by atoms with E-state index in [1.54, 1.807) is 0 Å². The van der Waals surface area contributed by atoms with Crippen LogP contribution in [-0.4, -0.2) is 22.0 Å². The molecule has 0 aliphatic heterocycles. The first-order chi connectivity index (χ1) is 12.8. The molecule has 132 valence electrons. The number of rotatable bonds is 7. The number of hydrogen-bond donors (Lipinski definition) is 1. The molecular formula is C22H23N3O. The van der Waals surface area contributed by atoms with Crippen molar-refractivity contribution >= 4 is 5.91 Å². The van der Waals surface area contributed by atoms with Gasteiger partial charge in [-0.1, -0.05) is 60.7 Å². The molecule has 3 aromatic rings. The van der Waals surface area contributed by atoms with Crippen molar-refractivity contribution in [3.8, 4) is 0 Å². The van der Waals surface area contributed by atoms with Crippen LogP contribution < -0.4 is 5.32 Å². The van der Waals surface area contributed by atoms with Crippen LogP contribution in [0.2, 0.25) is 0 Å². The molecule has 1 fully saturated rings. The lowest BCUT2D eigenvalue weighted by molar-refractivity contribution is -0.122. The normalized spacial score (nSPS) is 18.5. The molecule has 1 aliphatic rings. The van der Waals surface area contributed by atoms with E-state index in [0.717, 1.165) is 25.2 Å². The number of nitrogens with zero attached hydrogens (tertiary/aromatic N) is 2. The average Bonchev–Trinajstić information content (AvgIpc) is 3.38. The Morgan fingerprint density at radius 3 is 2.58 bits per heavy atom. The Morgan fingerprint density at radius 2 is 1.81 bits per heavy atom. The van der Waals surface area contributed by atoms with Crippen LogP contribution in [0.5, 0.6) is 0 Å². The summed E-state index contributed by atoms with van der Waals surface area (Å²) in [5, 5.41) is 3.08. The maximum atomic E-state index is 12.4. The molecule has 0 radical (unpaired) electrons. The predicted octanol–water partition coefficient (Wildman–Crippen LogP) is 3.39. The first-order valence-corrected chi connectivity index (χ1v) is 9.18. The van der Waals surface area contributed by atoms with Crippen LogP contribution in [0.4, 0.5) is 0 Å². The molecule has 0 spiro atoms. The zero-order valence-corrected chi connectivity index (χ0v) is 14.7. The van der Waals surface area contributed by atoms with Gasteiger partial charge >= 0.3 is 0 Å². The van der Waals surface area contributed by atoms with E-state index in [-0.39, 0.29) is 11.8 Å². The molecule has 4 heteroatoms. The predicted molar refractivity (Wildman–Crippen MR) is 102 cm³/mol. The molecule has 1 heterocycles. The van der Waals surface area contributed by atoms with Crippen molar-refractivity contribution in [1.29, 1.82) is 0 Å². The molecule has 1 aliphatic carbocycles. The van der Waals surface area contributed by atoms with Crippen LogP contribution in [0.25, 0.3) is 0 Å². The minimum absolute atomic E-state index is 0.126. The highest BCUT2D eigenvalue weighted by Gasteiger charge is 2.43. The van der Waals surface area contributed by atoms with Gasteiger partial charge in [0.2, 0.25) is 5.91 Å². The first kappa shape index (κ1) is 16.6. The van der Waals surface area contributed by atoms with Crippen LogP contribution in [0, 0.1) is 5.92 Å². The second-order valence-electron chi connectivity index (χ2n) is 6.86. The molecule has 0 unspecified atom stereocenters. The molecule has 0 bridgehead atoms. The first-order valence-electron chi connectivity index (χ1n) is 9.18. The van der Waals surface area contributed by atoms with Gasteiger partial charge < -0.3 is 9.88 Å². The van der Waals surface area contributed by atoms with E-state index >= 15 is 0 Å². The van der Waals surface area contributed by atoms with Gasteiger partial charge in [0, 0.05) is 37.8 Å². The van der Waals surface area contributed by atoms with Gasteiger partial charge in [-0.05, 0) is 23.5 Å². The van der Waals surface area contributed by atoms with Crippen molar-refractivity contribution in [1.82, 2.24) is 14.9 Å². The van der Waals surface area contributed by atoms with E-state index < -0.39 is 0 Å². The van der Waals surface area contributed by atoms with Crippen LogP contribution >= 0.6 is 0 Å². The average molecular weight is 345 g/mol. The molecule has 0 saturated heterocycles. The zero-order chi connectivity index (χ0) is 17.8. The minimum Gasteiger partial charge on any atom is -0.355 e. The van der Waals surface area contributed by atoms with Crippen LogP contribution in [0.1, 0.15) is 29.3 Å². The SMILES string of the molecule is O=C(NCCc1nccn1Cc1ccccc1)[C@H]1C[C@@H]1c1ccccc1. The summed E-state index contributed by atoms with van der Waals surface area (Å²) in [7, 11) is 0. The number of carbonyl (C=O) groups is 1. The molecule has 2 aromatic carbocycles. The van der Waals surface area contributed by atoms with Crippen LogP contribution in [-0.2, 0) is 17.8 Å². The lowest BCUT2D eigenvalue weighted by Crippen LogP contribution is -2.28. The summed E-state index contributed by atoms with van der Waals surface area (Å²) in [6.45, 7) is 1.44. The van der Waals surface area contributed by atoms with Crippen molar-refractivity contribution in [3.63, 3.8) is 0 Å². The quantitative estimate of drug-likeness (QED) is 0.713.